The molecule has 4 amide bonds. The third-order valence-corrected chi connectivity index (χ3v) is 8.34. The van der Waals surface area contributed by atoms with E-state index in [1.54, 1.807) is 72.6 Å². The van der Waals surface area contributed by atoms with Gasteiger partial charge in [-0.1, -0.05) is 38.5 Å². The van der Waals surface area contributed by atoms with Gasteiger partial charge in [-0.3, -0.25) is 29.1 Å². The molecule has 0 spiro atoms. The van der Waals surface area contributed by atoms with Gasteiger partial charge in [0.25, 0.3) is 11.8 Å². The van der Waals surface area contributed by atoms with Crippen LogP contribution in [0, 0.1) is 0 Å². The minimum absolute atomic E-state index is 0.139. The number of carbonyl (C=O) groups excluding carboxylic acids is 4. The van der Waals surface area contributed by atoms with E-state index in [4.69, 9.17) is 0 Å². The lowest BCUT2D eigenvalue weighted by Crippen LogP contribution is -2.47. The van der Waals surface area contributed by atoms with E-state index in [2.05, 4.69) is 31.2 Å². The predicted octanol–water partition coefficient (Wildman–Crippen LogP) is 4.23. The third-order valence-electron chi connectivity index (χ3n) is 7.05. The van der Waals surface area contributed by atoms with Crippen LogP contribution in [0.15, 0.2) is 49.1 Å². The van der Waals surface area contributed by atoms with Gasteiger partial charge in [0, 0.05) is 49.0 Å². The number of rotatable bonds is 23. The maximum absolute atomic E-state index is 12.7. The van der Waals surface area contributed by atoms with Crippen LogP contribution in [-0.4, -0.2) is 82.8 Å². The van der Waals surface area contributed by atoms with Crippen LogP contribution in [0.3, 0.4) is 0 Å². The smallest absolute Gasteiger partial charge is 0.252 e. The van der Waals surface area contributed by atoms with Crippen LogP contribution in [0.25, 0.3) is 0 Å². The van der Waals surface area contributed by atoms with Crippen molar-refractivity contribution in [3.63, 3.8) is 0 Å². The van der Waals surface area contributed by atoms with Crippen molar-refractivity contribution in [1.82, 2.24) is 31.2 Å². The van der Waals surface area contributed by atoms with E-state index in [0.717, 1.165) is 62.9 Å². The molecule has 0 saturated heterocycles. The average molecular weight is 645 g/mol. The molecule has 0 aliphatic rings. The van der Waals surface area contributed by atoms with Gasteiger partial charge >= 0.3 is 0 Å². The van der Waals surface area contributed by atoms with Crippen molar-refractivity contribution in [1.29, 1.82) is 0 Å². The van der Waals surface area contributed by atoms with Gasteiger partial charge in [0.2, 0.25) is 11.8 Å². The van der Waals surface area contributed by atoms with E-state index < -0.39 is 12.1 Å². The van der Waals surface area contributed by atoms with Gasteiger partial charge in [-0.2, -0.15) is 23.5 Å². The standard InChI is InChI=1S/C32H48N6O4S2/c1-43-23-15-27(37-29(39)25-11-19-33-20-12-25)31(41)35-17-9-7-5-3-4-6-8-10-18-36-32(42)28(16-24-44-2)38-30(40)26-13-21-34-22-14-26/h11-14,19-22,27-28H,3-10,15-18,23-24H2,1-2H3,(H,35,41)(H,36,42)(H,37,39)(H,38,40)/t27-,28-/m0/s1. The largest absolute Gasteiger partial charge is 0.354 e. The second kappa shape index (κ2) is 23.3. The average Bonchev–Trinajstić information content (AvgIpc) is 3.05. The lowest BCUT2D eigenvalue weighted by molar-refractivity contribution is -0.123. The zero-order valence-corrected chi connectivity index (χ0v) is 27.6. The summed E-state index contributed by atoms with van der Waals surface area (Å²) in [4.78, 5) is 58.3. The first-order valence-corrected chi connectivity index (χ1v) is 18.2. The molecule has 242 valence electrons. The molecule has 10 nitrogen and oxygen atoms in total. The minimum atomic E-state index is -0.556. The Hall–Kier alpha value is -3.12. The zero-order valence-electron chi connectivity index (χ0n) is 26.0. The maximum atomic E-state index is 12.7. The van der Waals surface area contributed by atoms with Crippen LogP contribution in [0.2, 0.25) is 0 Å². The first-order chi connectivity index (χ1) is 21.5. The van der Waals surface area contributed by atoms with Crippen LogP contribution in [-0.2, 0) is 9.59 Å². The fraction of sp³-hybridized carbons (Fsp3) is 0.562. The SMILES string of the molecule is CSCC[C@H](NC(=O)c1ccncc1)C(=O)NCCCCCCCCCCNC(=O)[C@H](CCSC)NC(=O)c1ccncc1. The van der Waals surface area contributed by atoms with Crippen molar-refractivity contribution < 1.29 is 19.2 Å². The molecular formula is C32H48N6O4S2. The highest BCUT2D eigenvalue weighted by molar-refractivity contribution is 7.98. The summed E-state index contributed by atoms with van der Waals surface area (Å²) in [5.74, 6) is 0.755. The van der Waals surface area contributed by atoms with Crippen LogP contribution in [0.4, 0.5) is 0 Å². The summed E-state index contributed by atoms with van der Waals surface area (Å²) < 4.78 is 0. The highest BCUT2D eigenvalue weighted by Crippen LogP contribution is 2.09. The Morgan fingerprint density at radius 2 is 0.932 bits per heavy atom. The van der Waals surface area contributed by atoms with Gasteiger partial charge in [0.1, 0.15) is 12.1 Å². The molecule has 0 aromatic carbocycles. The Morgan fingerprint density at radius 3 is 1.27 bits per heavy atom. The van der Waals surface area contributed by atoms with E-state index in [0.29, 0.717) is 37.1 Å². The Bertz CT molecular complexity index is 1020. The number of hydrogen-bond acceptors (Lipinski definition) is 8. The van der Waals surface area contributed by atoms with Gasteiger partial charge in [-0.25, -0.2) is 0 Å². The van der Waals surface area contributed by atoms with Crippen LogP contribution in [0.5, 0.6) is 0 Å². The molecule has 2 rings (SSSR count). The molecule has 2 aromatic rings. The quantitative estimate of drug-likeness (QED) is 0.132. The Labute approximate surface area is 270 Å². The minimum Gasteiger partial charge on any atom is -0.354 e. The van der Waals surface area contributed by atoms with E-state index in [-0.39, 0.29) is 23.6 Å². The van der Waals surface area contributed by atoms with Crippen molar-refractivity contribution in [2.45, 2.75) is 76.3 Å². The van der Waals surface area contributed by atoms with Crippen LogP contribution in [0.1, 0.15) is 84.9 Å². The Morgan fingerprint density at radius 1 is 0.591 bits per heavy atom. The molecule has 0 saturated carbocycles. The molecule has 2 atom stereocenters. The molecule has 4 N–H and O–H groups in total. The summed E-state index contributed by atoms with van der Waals surface area (Å²) in [6, 6.07) is 5.43. The van der Waals surface area contributed by atoms with Crippen molar-refractivity contribution in [2.75, 3.05) is 37.1 Å². The second-order valence-electron chi connectivity index (χ2n) is 10.5. The first kappa shape index (κ1) is 37.1. The molecule has 0 radical (unpaired) electrons. The van der Waals surface area contributed by atoms with E-state index in [1.807, 2.05) is 12.5 Å². The summed E-state index contributed by atoms with van der Waals surface area (Å²) in [6.07, 6.45) is 19.7. The number of unbranched alkanes of at least 4 members (excludes halogenated alkanes) is 7. The predicted molar refractivity (Wildman–Crippen MR) is 180 cm³/mol. The molecule has 0 aliphatic heterocycles. The van der Waals surface area contributed by atoms with Crippen LogP contribution >= 0.6 is 23.5 Å². The topological polar surface area (TPSA) is 142 Å². The molecule has 2 heterocycles. The summed E-state index contributed by atoms with van der Waals surface area (Å²) in [6.45, 7) is 1.20. The number of nitrogens with one attached hydrogen (secondary N) is 4. The Balaban J connectivity index is 1.53. The van der Waals surface area contributed by atoms with Gasteiger partial charge in [-0.15, -0.1) is 0 Å². The van der Waals surface area contributed by atoms with Crippen LogP contribution < -0.4 is 21.3 Å². The fourth-order valence-corrected chi connectivity index (χ4v) is 5.42. The van der Waals surface area contributed by atoms with Gasteiger partial charge in [0.15, 0.2) is 0 Å². The maximum Gasteiger partial charge on any atom is 0.252 e. The Kier molecular flexibility index (Phi) is 19.6. The molecule has 2 aromatic heterocycles. The summed E-state index contributed by atoms with van der Waals surface area (Å²) in [5.41, 5.74) is 0.981. The highest BCUT2D eigenvalue weighted by atomic mass is 32.2. The number of thioether (sulfide) groups is 2. The zero-order chi connectivity index (χ0) is 31.8. The molecule has 0 unspecified atom stereocenters. The number of pyridine rings is 2. The van der Waals surface area contributed by atoms with E-state index >= 15 is 0 Å². The number of carbonyl (C=O) groups is 4. The number of hydrogen-bond donors (Lipinski definition) is 4. The third kappa shape index (κ3) is 15.6. The molecule has 0 bridgehead atoms. The summed E-state index contributed by atoms with van der Waals surface area (Å²) in [7, 11) is 0. The second-order valence-corrected chi connectivity index (χ2v) is 12.5. The summed E-state index contributed by atoms with van der Waals surface area (Å²) >= 11 is 3.29. The normalized spacial score (nSPS) is 12.1. The molecule has 0 fully saturated rings. The van der Waals surface area contributed by atoms with Gasteiger partial charge in [-0.05, 0) is 74.0 Å². The lowest BCUT2D eigenvalue weighted by Gasteiger charge is -2.18. The molecular weight excluding hydrogens is 597 g/mol. The highest BCUT2D eigenvalue weighted by Gasteiger charge is 2.22. The van der Waals surface area contributed by atoms with E-state index in [9.17, 15) is 19.2 Å². The molecule has 0 aliphatic carbocycles. The fourth-order valence-electron chi connectivity index (χ4n) is 4.48. The van der Waals surface area contributed by atoms with Crippen molar-refractivity contribution in [2.24, 2.45) is 0 Å². The van der Waals surface area contributed by atoms with E-state index in [1.165, 1.54) is 0 Å². The first-order valence-electron chi connectivity index (χ1n) is 15.4. The summed E-state index contributed by atoms with van der Waals surface area (Å²) in [5, 5.41) is 11.7. The van der Waals surface area contributed by atoms with Crippen molar-refractivity contribution in [3.05, 3.63) is 60.2 Å². The van der Waals surface area contributed by atoms with Gasteiger partial charge in [0.05, 0.1) is 0 Å². The molecule has 12 heteroatoms. The van der Waals surface area contributed by atoms with Gasteiger partial charge < -0.3 is 21.3 Å². The molecule has 44 heavy (non-hydrogen) atoms. The number of aromatic nitrogens is 2. The number of nitrogens with zero attached hydrogens (tertiary/aromatic N) is 2. The van der Waals surface area contributed by atoms with Crippen molar-refractivity contribution in [3.8, 4) is 0 Å². The monoisotopic (exact) mass is 644 g/mol. The number of amides is 4. The van der Waals surface area contributed by atoms with Crippen molar-refractivity contribution >= 4 is 47.2 Å². The lowest BCUT2D eigenvalue weighted by atomic mass is 10.1.